The molecule has 1 rings (SSSR count). The molecule has 5 heteroatoms. The van der Waals surface area contributed by atoms with E-state index in [0.29, 0.717) is 18.9 Å². The molecule has 0 bridgehead atoms. The fourth-order valence-electron chi connectivity index (χ4n) is 2.23. The van der Waals surface area contributed by atoms with Crippen LogP contribution < -0.4 is 5.32 Å². The van der Waals surface area contributed by atoms with Gasteiger partial charge < -0.3 is 10.4 Å². The maximum atomic E-state index is 12.0. The van der Waals surface area contributed by atoms with Crippen molar-refractivity contribution in [3.63, 3.8) is 0 Å². The van der Waals surface area contributed by atoms with E-state index in [0.717, 1.165) is 10.7 Å². The van der Waals surface area contributed by atoms with E-state index in [4.69, 9.17) is 0 Å². The molecule has 1 aromatic rings. The minimum Gasteiger partial charge on any atom is -0.392 e. The largest absolute Gasteiger partial charge is 0.392 e. The predicted octanol–water partition coefficient (Wildman–Crippen LogP) is 2.97. The van der Waals surface area contributed by atoms with Crippen molar-refractivity contribution in [3.8, 4) is 0 Å². The maximum absolute atomic E-state index is 12.0. The summed E-state index contributed by atoms with van der Waals surface area (Å²) in [6.07, 6.45) is -0.138. The number of nitrogens with one attached hydrogen (secondary N) is 1. The molecule has 0 saturated heterocycles. The number of nitrogens with zero attached hydrogens (tertiary/aromatic N) is 1. The second kappa shape index (κ2) is 7.36. The van der Waals surface area contributed by atoms with Crippen molar-refractivity contribution in [1.29, 1.82) is 0 Å². The van der Waals surface area contributed by atoms with Crippen molar-refractivity contribution < 1.29 is 9.90 Å². The molecular weight excluding hydrogens is 284 g/mol. The smallest absolute Gasteiger partial charge is 0.226 e. The first-order valence-corrected chi connectivity index (χ1v) is 8.40. The molecule has 21 heavy (non-hydrogen) atoms. The van der Waals surface area contributed by atoms with E-state index in [-0.39, 0.29) is 17.2 Å². The summed E-state index contributed by atoms with van der Waals surface area (Å²) in [6, 6.07) is 0. The maximum Gasteiger partial charge on any atom is 0.226 e. The molecule has 0 aliphatic heterocycles. The first kappa shape index (κ1) is 18.1. The third-order valence-electron chi connectivity index (χ3n) is 3.58. The molecule has 0 fully saturated rings. The minimum atomic E-state index is -0.440. The molecule has 0 spiro atoms. The Bertz CT molecular complexity index is 467. The van der Waals surface area contributed by atoms with Crippen molar-refractivity contribution in [2.75, 3.05) is 6.54 Å². The van der Waals surface area contributed by atoms with Gasteiger partial charge in [-0.2, -0.15) is 0 Å². The normalized spacial score (nSPS) is 13.8. The monoisotopic (exact) mass is 312 g/mol. The summed E-state index contributed by atoms with van der Waals surface area (Å²) in [5, 5.41) is 16.1. The highest BCUT2D eigenvalue weighted by Crippen LogP contribution is 2.25. The number of rotatable bonds is 7. The lowest BCUT2D eigenvalue weighted by molar-refractivity contribution is -0.121. The van der Waals surface area contributed by atoms with Gasteiger partial charge in [-0.25, -0.2) is 4.98 Å². The van der Waals surface area contributed by atoms with Crippen LogP contribution in [-0.2, 0) is 11.2 Å². The first-order chi connectivity index (χ1) is 9.63. The summed E-state index contributed by atoms with van der Waals surface area (Å²) >= 11 is 1.60. The third-order valence-corrected chi connectivity index (χ3v) is 4.77. The number of carbonyl (C=O) groups is 1. The summed E-state index contributed by atoms with van der Waals surface area (Å²) in [6.45, 7) is 12.6. The topological polar surface area (TPSA) is 62.2 Å². The van der Waals surface area contributed by atoms with Gasteiger partial charge in [-0.1, -0.05) is 41.5 Å². The van der Waals surface area contributed by atoms with Gasteiger partial charge in [-0.3, -0.25) is 4.79 Å². The van der Waals surface area contributed by atoms with Gasteiger partial charge >= 0.3 is 0 Å². The van der Waals surface area contributed by atoms with Crippen molar-refractivity contribution in [2.24, 2.45) is 11.3 Å². The lowest BCUT2D eigenvalue weighted by atomic mass is 9.80. The standard InChI is InChI=1S/C16H28N2O2S/c1-10(2)14(20)16(5,6)9-17-13(19)7-12-8-21-15(18-12)11(3)4/h8,10-11,14,20H,7,9H2,1-6H3,(H,17,19). The SMILES string of the molecule is CC(C)c1nc(CC(=O)NCC(C)(C)C(O)C(C)C)cs1. The number of amides is 1. The quantitative estimate of drug-likeness (QED) is 0.813. The highest BCUT2D eigenvalue weighted by molar-refractivity contribution is 7.09. The van der Waals surface area contributed by atoms with Gasteiger partial charge in [-0.05, 0) is 5.92 Å². The van der Waals surface area contributed by atoms with Gasteiger partial charge in [0.15, 0.2) is 0 Å². The molecule has 2 N–H and O–H groups in total. The summed E-state index contributed by atoms with van der Waals surface area (Å²) in [4.78, 5) is 16.5. The van der Waals surface area contributed by atoms with Crippen LogP contribution >= 0.6 is 11.3 Å². The summed E-state index contributed by atoms with van der Waals surface area (Å²) < 4.78 is 0. The van der Waals surface area contributed by atoms with Gasteiger partial charge in [0.05, 0.1) is 23.2 Å². The molecule has 1 amide bonds. The highest BCUT2D eigenvalue weighted by atomic mass is 32.1. The summed E-state index contributed by atoms with van der Waals surface area (Å²) in [5.74, 6) is 0.524. The molecule has 1 aromatic heterocycles. The van der Waals surface area contributed by atoms with E-state index < -0.39 is 6.10 Å². The van der Waals surface area contributed by atoms with Crippen molar-refractivity contribution >= 4 is 17.2 Å². The molecule has 0 aliphatic rings. The Labute approximate surface area is 132 Å². The van der Waals surface area contributed by atoms with Crippen LogP contribution in [0.25, 0.3) is 0 Å². The van der Waals surface area contributed by atoms with Crippen LogP contribution in [0.4, 0.5) is 0 Å². The van der Waals surface area contributed by atoms with Gasteiger partial charge in [0.25, 0.3) is 0 Å². The van der Waals surface area contributed by atoms with Crippen LogP contribution in [0.3, 0.4) is 0 Å². The molecular formula is C16H28N2O2S. The Hall–Kier alpha value is -0.940. The van der Waals surface area contributed by atoms with Crippen LogP contribution in [0.5, 0.6) is 0 Å². The summed E-state index contributed by atoms with van der Waals surface area (Å²) in [5.41, 5.74) is 0.484. The molecule has 0 radical (unpaired) electrons. The number of aliphatic hydroxyl groups excluding tert-OH is 1. The molecule has 1 atom stereocenters. The average Bonchev–Trinajstić information content (AvgIpc) is 2.84. The van der Waals surface area contributed by atoms with E-state index in [2.05, 4.69) is 24.1 Å². The number of hydrogen-bond acceptors (Lipinski definition) is 4. The Morgan fingerprint density at radius 3 is 2.48 bits per heavy atom. The number of carbonyl (C=O) groups excluding carboxylic acids is 1. The molecule has 4 nitrogen and oxygen atoms in total. The fourth-order valence-corrected chi connectivity index (χ4v) is 3.06. The minimum absolute atomic E-state index is 0.0420. The highest BCUT2D eigenvalue weighted by Gasteiger charge is 2.30. The zero-order valence-corrected chi connectivity index (χ0v) is 14.8. The summed E-state index contributed by atoms with van der Waals surface area (Å²) in [7, 11) is 0. The van der Waals surface area contributed by atoms with Crippen molar-refractivity contribution in [2.45, 2.75) is 60.0 Å². The molecule has 0 aromatic carbocycles. The second-order valence-electron chi connectivity index (χ2n) is 6.96. The number of hydrogen-bond donors (Lipinski definition) is 2. The number of aliphatic hydroxyl groups is 1. The predicted molar refractivity (Wildman–Crippen MR) is 87.5 cm³/mol. The van der Waals surface area contributed by atoms with Crippen LogP contribution in [0.15, 0.2) is 5.38 Å². The molecule has 120 valence electrons. The second-order valence-corrected chi connectivity index (χ2v) is 7.85. The number of thiazole rings is 1. The first-order valence-electron chi connectivity index (χ1n) is 7.52. The Balaban J connectivity index is 2.50. The van der Waals surface area contributed by atoms with E-state index in [1.807, 2.05) is 33.1 Å². The van der Waals surface area contributed by atoms with Crippen LogP contribution in [-0.4, -0.2) is 28.6 Å². The van der Waals surface area contributed by atoms with E-state index >= 15 is 0 Å². The third kappa shape index (κ3) is 5.40. The molecule has 1 heterocycles. The van der Waals surface area contributed by atoms with Crippen LogP contribution in [0, 0.1) is 11.3 Å². The Morgan fingerprint density at radius 1 is 1.38 bits per heavy atom. The average molecular weight is 312 g/mol. The lowest BCUT2D eigenvalue weighted by Crippen LogP contribution is -2.44. The van der Waals surface area contributed by atoms with Gasteiger partial charge in [-0.15, -0.1) is 11.3 Å². The Morgan fingerprint density at radius 2 is 2.00 bits per heavy atom. The fraction of sp³-hybridized carbons (Fsp3) is 0.750. The zero-order chi connectivity index (χ0) is 16.2. The lowest BCUT2D eigenvalue weighted by Gasteiger charge is -2.33. The van der Waals surface area contributed by atoms with E-state index in [1.54, 1.807) is 11.3 Å². The molecule has 1 unspecified atom stereocenters. The van der Waals surface area contributed by atoms with Gasteiger partial charge in [0.1, 0.15) is 0 Å². The molecule has 0 aliphatic carbocycles. The van der Waals surface area contributed by atoms with Crippen LogP contribution in [0.2, 0.25) is 0 Å². The van der Waals surface area contributed by atoms with Crippen LogP contribution in [0.1, 0.15) is 58.2 Å². The van der Waals surface area contributed by atoms with E-state index in [9.17, 15) is 9.90 Å². The van der Waals surface area contributed by atoms with Gasteiger partial charge in [0, 0.05) is 23.3 Å². The van der Waals surface area contributed by atoms with Crippen molar-refractivity contribution in [3.05, 3.63) is 16.1 Å². The van der Waals surface area contributed by atoms with E-state index in [1.165, 1.54) is 0 Å². The molecule has 0 saturated carbocycles. The zero-order valence-electron chi connectivity index (χ0n) is 13.9. The Kier molecular flexibility index (Phi) is 6.35. The van der Waals surface area contributed by atoms with Crippen molar-refractivity contribution in [1.82, 2.24) is 10.3 Å². The number of aromatic nitrogens is 1. The van der Waals surface area contributed by atoms with Gasteiger partial charge in [0.2, 0.25) is 5.91 Å².